The fourth-order valence-corrected chi connectivity index (χ4v) is 1.42. The smallest absolute Gasteiger partial charge is 0.337 e. The molecule has 1 heterocycles. The maximum Gasteiger partial charge on any atom is 0.337 e. The van der Waals surface area contributed by atoms with Gasteiger partial charge < -0.3 is 15.0 Å². The first-order valence-corrected chi connectivity index (χ1v) is 5.38. The maximum absolute atomic E-state index is 11.9. The zero-order valence-electron chi connectivity index (χ0n) is 10.8. The molecule has 0 aromatic carbocycles. The molecule has 0 spiro atoms. The number of nitrogens with zero attached hydrogens (tertiary/aromatic N) is 1. The van der Waals surface area contributed by atoms with E-state index in [1.165, 1.54) is 23.9 Å². The van der Waals surface area contributed by atoms with Crippen LogP contribution >= 0.6 is 0 Å². The number of carbonyl (C=O) groups excluding carboxylic acids is 2. The van der Waals surface area contributed by atoms with Crippen LogP contribution in [0.4, 0.5) is 0 Å². The Hall–Kier alpha value is -2.11. The summed E-state index contributed by atoms with van der Waals surface area (Å²) in [5.41, 5.74) is -0.494. The lowest BCUT2D eigenvalue weighted by atomic mass is 10.1. The van der Waals surface area contributed by atoms with Crippen LogP contribution in [0.5, 0.6) is 0 Å². The number of aryl methyl sites for hydroxylation is 1. The van der Waals surface area contributed by atoms with E-state index in [2.05, 4.69) is 5.32 Å². The number of Topliss-reactive ketones (excluding diaryl/α,β-unsaturated/α-hetero) is 1. The molecule has 0 bridgehead atoms. The number of amides is 1. The van der Waals surface area contributed by atoms with Crippen LogP contribution < -0.4 is 5.32 Å². The second-order valence-corrected chi connectivity index (χ2v) is 5.06. The topological polar surface area (TPSA) is 88.4 Å². The van der Waals surface area contributed by atoms with Crippen molar-refractivity contribution in [2.24, 2.45) is 7.05 Å². The van der Waals surface area contributed by atoms with Gasteiger partial charge in [0.2, 0.25) is 0 Å². The van der Waals surface area contributed by atoms with Gasteiger partial charge in [-0.05, 0) is 26.8 Å². The van der Waals surface area contributed by atoms with Gasteiger partial charge in [-0.2, -0.15) is 0 Å². The number of carboxylic acid groups (broad SMARTS) is 1. The first kappa shape index (κ1) is 14.0. The molecule has 0 fully saturated rings. The molecule has 1 amide bonds. The number of carboxylic acids is 1. The monoisotopic (exact) mass is 252 g/mol. The Morgan fingerprint density at radius 3 is 2.22 bits per heavy atom. The first-order chi connectivity index (χ1) is 8.11. The second-order valence-electron chi connectivity index (χ2n) is 5.06. The minimum absolute atomic E-state index is 0.0237. The third-order valence-corrected chi connectivity index (χ3v) is 2.18. The molecule has 0 radical (unpaired) electrons. The second kappa shape index (κ2) is 4.64. The summed E-state index contributed by atoms with van der Waals surface area (Å²) < 4.78 is 1.33. The Morgan fingerprint density at radius 2 is 1.83 bits per heavy atom. The zero-order valence-corrected chi connectivity index (χ0v) is 10.8. The van der Waals surface area contributed by atoms with Crippen molar-refractivity contribution in [1.82, 2.24) is 9.88 Å². The number of aromatic carboxylic acids is 1. The quantitative estimate of drug-likeness (QED) is 0.615. The minimum atomic E-state index is -1.14. The van der Waals surface area contributed by atoms with Crippen LogP contribution in [0.15, 0.2) is 12.3 Å². The van der Waals surface area contributed by atoms with E-state index in [0.717, 1.165) is 0 Å². The number of aromatic nitrogens is 1. The van der Waals surface area contributed by atoms with Crippen molar-refractivity contribution in [3.05, 3.63) is 23.5 Å². The van der Waals surface area contributed by atoms with Gasteiger partial charge in [-0.15, -0.1) is 0 Å². The third-order valence-electron chi connectivity index (χ3n) is 2.18. The van der Waals surface area contributed by atoms with Crippen molar-refractivity contribution in [3.63, 3.8) is 0 Å². The molecule has 6 heteroatoms. The fraction of sp³-hybridized carbons (Fsp3) is 0.417. The van der Waals surface area contributed by atoms with Gasteiger partial charge in [0.25, 0.3) is 11.7 Å². The normalized spacial score (nSPS) is 11.1. The van der Waals surface area contributed by atoms with Crippen molar-refractivity contribution in [2.75, 3.05) is 0 Å². The van der Waals surface area contributed by atoms with Crippen LogP contribution in [-0.4, -0.2) is 32.9 Å². The van der Waals surface area contributed by atoms with E-state index in [4.69, 9.17) is 5.11 Å². The van der Waals surface area contributed by atoms with Gasteiger partial charge in [0.15, 0.2) is 0 Å². The van der Waals surface area contributed by atoms with E-state index >= 15 is 0 Å². The lowest BCUT2D eigenvalue weighted by molar-refractivity contribution is -0.118. The molecule has 98 valence electrons. The summed E-state index contributed by atoms with van der Waals surface area (Å²) in [5, 5.41) is 11.3. The molecule has 0 atom stereocenters. The molecule has 6 nitrogen and oxygen atoms in total. The van der Waals surface area contributed by atoms with Crippen molar-refractivity contribution >= 4 is 17.7 Å². The van der Waals surface area contributed by atoms with Crippen LogP contribution in [0.25, 0.3) is 0 Å². The summed E-state index contributed by atoms with van der Waals surface area (Å²) in [5.74, 6) is -2.64. The molecule has 1 aromatic heterocycles. The van der Waals surface area contributed by atoms with E-state index in [9.17, 15) is 14.4 Å². The standard InChI is InChI=1S/C12H16N2O4/c1-12(2,3)13-10(16)9(15)8-5-7(11(17)18)6-14(8)4/h5-6H,1-4H3,(H,13,16)(H,17,18). The van der Waals surface area contributed by atoms with Gasteiger partial charge in [-0.3, -0.25) is 9.59 Å². The molecule has 0 unspecified atom stereocenters. The van der Waals surface area contributed by atoms with E-state index in [1.807, 2.05) is 0 Å². The number of nitrogens with one attached hydrogen (secondary N) is 1. The van der Waals surface area contributed by atoms with Gasteiger partial charge >= 0.3 is 5.97 Å². The van der Waals surface area contributed by atoms with E-state index in [0.29, 0.717) is 0 Å². The highest BCUT2D eigenvalue weighted by molar-refractivity contribution is 6.42. The summed E-state index contributed by atoms with van der Waals surface area (Å²) >= 11 is 0. The summed E-state index contributed by atoms with van der Waals surface area (Å²) in [6.07, 6.45) is 1.29. The predicted molar refractivity (Wildman–Crippen MR) is 64.6 cm³/mol. The van der Waals surface area contributed by atoms with Crippen LogP contribution in [-0.2, 0) is 11.8 Å². The van der Waals surface area contributed by atoms with Gasteiger partial charge in [0.1, 0.15) is 0 Å². The van der Waals surface area contributed by atoms with Crippen molar-refractivity contribution in [3.8, 4) is 0 Å². The Kier molecular flexibility index (Phi) is 3.59. The van der Waals surface area contributed by atoms with Crippen LogP contribution in [0, 0.1) is 0 Å². The Bertz CT molecular complexity index is 509. The van der Waals surface area contributed by atoms with Crippen molar-refractivity contribution in [1.29, 1.82) is 0 Å². The minimum Gasteiger partial charge on any atom is -0.478 e. The lowest BCUT2D eigenvalue weighted by Crippen LogP contribution is -2.44. The largest absolute Gasteiger partial charge is 0.478 e. The molecule has 0 aliphatic rings. The molecule has 0 aliphatic carbocycles. The van der Waals surface area contributed by atoms with Crippen LogP contribution in [0.2, 0.25) is 0 Å². The molecular weight excluding hydrogens is 236 g/mol. The molecular formula is C12H16N2O4. The van der Waals surface area contributed by atoms with Gasteiger partial charge in [0, 0.05) is 18.8 Å². The van der Waals surface area contributed by atoms with E-state index in [1.54, 1.807) is 20.8 Å². The van der Waals surface area contributed by atoms with Crippen molar-refractivity contribution in [2.45, 2.75) is 26.3 Å². The highest BCUT2D eigenvalue weighted by atomic mass is 16.4. The number of rotatable bonds is 3. The van der Waals surface area contributed by atoms with Crippen molar-refractivity contribution < 1.29 is 19.5 Å². The Balaban J connectivity index is 2.97. The fourth-order valence-electron chi connectivity index (χ4n) is 1.42. The predicted octanol–water partition coefficient (Wildman–Crippen LogP) is 0.821. The van der Waals surface area contributed by atoms with Gasteiger partial charge in [-0.1, -0.05) is 0 Å². The maximum atomic E-state index is 11.9. The average Bonchev–Trinajstić information content (AvgIpc) is 2.56. The Morgan fingerprint density at radius 1 is 1.28 bits per heavy atom. The average molecular weight is 252 g/mol. The molecule has 0 saturated heterocycles. The van der Waals surface area contributed by atoms with Gasteiger partial charge in [0.05, 0.1) is 11.3 Å². The molecule has 0 aliphatic heterocycles. The first-order valence-electron chi connectivity index (χ1n) is 5.38. The summed E-state index contributed by atoms with van der Waals surface area (Å²) in [7, 11) is 1.52. The third kappa shape index (κ3) is 3.19. The van der Waals surface area contributed by atoms with E-state index in [-0.39, 0.29) is 11.3 Å². The highest BCUT2D eigenvalue weighted by Crippen LogP contribution is 2.09. The summed E-state index contributed by atoms with van der Waals surface area (Å²) in [6.45, 7) is 5.27. The molecule has 1 rings (SSSR count). The van der Waals surface area contributed by atoms with Crippen LogP contribution in [0.1, 0.15) is 41.6 Å². The van der Waals surface area contributed by atoms with E-state index < -0.39 is 23.2 Å². The SMILES string of the molecule is Cn1cc(C(=O)O)cc1C(=O)C(=O)NC(C)(C)C. The Labute approximate surface area is 105 Å². The lowest BCUT2D eigenvalue weighted by Gasteiger charge is -2.19. The van der Waals surface area contributed by atoms with Crippen LogP contribution in [0.3, 0.4) is 0 Å². The molecule has 1 aromatic rings. The highest BCUT2D eigenvalue weighted by Gasteiger charge is 2.24. The molecule has 2 N–H and O–H groups in total. The molecule has 0 saturated carbocycles. The summed E-state index contributed by atoms with van der Waals surface area (Å²) in [4.78, 5) is 34.3. The number of hydrogen-bond acceptors (Lipinski definition) is 3. The number of hydrogen-bond donors (Lipinski definition) is 2. The summed E-state index contributed by atoms with van der Waals surface area (Å²) in [6, 6.07) is 1.19. The number of carbonyl (C=O) groups is 3. The van der Waals surface area contributed by atoms with Gasteiger partial charge in [-0.25, -0.2) is 4.79 Å². The number of ketones is 1. The zero-order chi connectivity index (χ0) is 14.1. The molecule has 18 heavy (non-hydrogen) atoms.